The molecule has 0 fully saturated rings. The normalized spacial score (nSPS) is 12.3. The van der Waals surface area contributed by atoms with Crippen molar-refractivity contribution >= 4 is 27.5 Å². The Bertz CT molecular complexity index is 437. The molecule has 0 bridgehead atoms. The SMILES string of the molecule is CCNCC(C)C(=O)Nc1cc(Br)c(F)cc1C. The van der Waals surface area contributed by atoms with Crippen LogP contribution in [0.15, 0.2) is 16.6 Å². The Balaban J connectivity index is 2.72. The summed E-state index contributed by atoms with van der Waals surface area (Å²) in [6.45, 7) is 7.07. The minimum absolute atomic E-state index is 0.0717. The number of rotatable bonds is 5. The second kappa shape index (κ2) is 6.85. The third-order valence-electron chi connectivity index (χ3n) is 2.67. The van der Waals surface area contributed by atoms with Gasteiger partial charge in [0.15, 0.2) is 0 Å². The molecule has 0 aliphatic carbocycles. The van der Waals surface area contributed by atoms with E-state index in [0.717, 1.165) is 6.54 Å². The van der Waals surface area contributed by atoms with Gasteiger partial charge in [0.1, 0.15) is 5.82 Å². The number of nitrogens with one attached hydrogen (secondary N) is 2. The summed E-state index contributed by atoms with van der Waals surface area (Å²) in [4.78, 5) is 11.9. The van der Waals surface area contributed by atoms with Gasteiger partial charge in [0.2, 0.25) is 5.91 Å². The molecule has 3 nitrogen and oxygen atoms in total. The monoisotopic (exact) mass is 316 g/mol. The number of halogens is 2. The quantitative estimate of drug-likeness (QED) is 0.876. The van der Waals surface area contributed by atoms with E-state index in [2.05, 4.69) is 26.6 Å². The summed E-state index contributed by atoms with van der Waals surface area (Å²) in [5, 5.41) is 5.93. The van der Waals surface area contributed by atoms with Crippen LogP contribution in [0.1, 0.15) is 19.4 Å². The fraction of sp³-hybridized carbons (Fsp3) is 0.462. The highest BCUT2D eigenvalue weighted by Crippen LogP contribution is 2.24. The number of amides is 1. The van der Waals surface area contributed by atoms with Gasteiger partial charge in [-0.1, -0.05) is 13.8 Å². The van der Waals surface area contributed by atoms with E-state index in [1.807, 2.05) is 13.8 Å². The number of benzene rings is 1. The molecule has 0 saturated carbocycles. The molecule has 100 valence electrons. The summed E-state index contributed by atoms with van der Waals surface area (Å²) < 4.78 is 13.6. The molecular formula is C13H18BrFN2O. The molecule has 0 aromatic heterocycles. The van der Waals surface area contributed by atoms with E-state index in [1.165, 1.54) is 6.07 Å². The van der Waals surface area contributed by atoms with Crippen LogP contribution in [0.25, 0.3) is 0 Å². The number of anilines is 1. The topological polar surface area (TPSA) is 41.1 Å². The first kappa shape index (κ1) is 15.1. The zero-order valence-electron chi connectivity index (χ0n) is 10.8. The lowest BCUT2D eigenvalue weighted by atomic mass is 10.1. The predicted molar refractivity (Wildman–Crippen MR) is 75.2 cm³/mol. The highest BCUT2D eigenvalue weighted by Gasteiger charge is 2.14. The van der Waals surface area contributed by atoms with Gasteiger partial charge < -0.3 is 10.6 Å². The zero-order valence-corrected chi connectivity index (χ0v) is 12.4. The van der Waals surface area contributed by atoms with Crippen molar-refractivity contribution in [2.24, 2.45) is 5.92 Å². The zero-order chi connectivity index (χ0) is 13.7. The fourth-order valence-electron chi connectivity index (χ4n) is 1.49. The second-order valence-electron chi connectivity index (χ2n) is 4.28. The van der Waals surface area contributed by atoms with E-state index in [0.29, 0.717) is 22.3 Å². The van der Waals surface area contributed by atoms with Crippen molar-refractivity contribution in [3.05, 3.63) is 28.0 Å². The maximum absolute atomic E-state index is 13.3. The molecule has 0 aliphatic heterocycles. The van der Waals surface area contributed by atoms with Gasteiger partial charge in [-0.05, 0) is 47.1 Å². The number of carbonyl (C=O) groups excluding carboxylic acids is 1. The number of carbonyl (C=O) groups is 1. The maximum atomic E-state index is 13.3. The van der Waals surface area contributed by atoms with Gasteiger partial charge in [0, 0.05) is 18.2 Å². The minimum Gasteiger partial charge on any atom is -0.326 e. The second-order valence-corrected chi connectivity index (χ2v) is 5.13. The van der Waals surface area contributed by atoms with Crippen LogP contribution in [0.3, 0.4) is 0 Å². The summed E-state index contributed by atoms with van der Waals surface area (Å²) in [5.74, 6) is -0.531. The standard InChI is InChI=1S/C13H18BrFN2O/c1-4-16-7-9(3)13(18)17-12-6-10(14)11(15)5-8(12)2/h5-6,9,16H,4,7H2,1-3H3,(H,17,18). The Labute approximate surface area is 115 Å². The van der Waals surface area contributed by atoms with E-state index >= 15 is 0 Å². The molecule has 1 atom stereocenters. The van der Waals surface area contributed by atoms with Crippen molar-refractivity contribution < 1.29 is 9.18 Å². The van der Waals surface area contributed by atoms with Crippen LogP contribution in [0, 0.1) is 18.7 Å². The fourth-order valence-corrected chi connectivity index (χ4v) is 1.83. The molecule has 0 spiro atoms. The number of aryl methyl sites for hydroxylation is 1. The van der Waals surface area contributed by atoms with Gasteiger partial charge >= 0.3 is 0 Å². The molecule has 1 amide bonds. The molecule has 1 aromatic carbocycles. The molecule has 1 aromatic rings. The first-order valence-corrected chi connectivity index (χ1v) is 6.72. The summed E-state index contributed by atoms with van der Waals surface area (Å²) in [5.41, 5.74) is 1.34. The van der Waals surface area contributed by atoms with E-state index < -0.39 is 0 Å². The molecule has 0 saturated heterocycles. The van der Waals surface area contributed by atoms with Crippen molar-refractivity contribution in [1.29, 1.82) is 0 Å². The van der Waals surface area contributed by atoms with E-state index in [4.69, 9.17) is 0 Å². The van der Waals surface area contributed by atoms with Crippen molar-refractivity contribution in [2.75, 3.05) is 18.4 Å². The highest BCUT2D eigenvalue weighted by atomic mass is 79.9. The van der Waals surface area contributed by atoms with Crippen LogP contribution in [0.5, 0.6) is 0 Å². The summed E-state index contributed by atoms with van der Waals surface area (Å²) in [6.07, 6.45) is 0. The molecule has 0 aliphatic rings. The van der Waals surface area contributed by atoms with Crippen molar-refractivity contribution in [2.45, 2.75) is 20.8 Å². The number of hydrogen-bond acceptors (Lipinski definition) is 2. The van der Waals surface area contributed by atoms with Crippen LogP contribution in [-0.4, -0.2) is 19.0 Å². The van der Waals surface area contributed by atoms with Crippen molar-refractivity contribution in [3.8, 4) is 0 Å². The highest BCUT2D eigenvalue weighted by molar-refractivity contribution is 9.10. The summed E-state index contributed by atoms with van der Waals surface area (Å²) in [6, 6.07) is 2.98. The van der Waals surface area contributed by atoms with Crippen molar-refractivity contribution in [3.63, 3.8) is 0 Å². The lowest BCUT2D eigenvalue weighted by Crippen LogP contribution is -2.30. The van der Waals surface area contributed by atoms with Gasteiger partial charge in [-0.2, -0.15) is 0 Å². The molecule has 18 heavy (non-hydrogen) atoms. The Morgan fingerprint density at radius 2 is 2.17 bits per heavy atom. The summed E-state index contributed by atoms with van der Waals surface area (Å²) in [7, 11) is 0. The average molecular weight is 317 g/mol. The minimum atomic E-state index is -0.328. The first-order chi connectivity index (χ1) is 8.45. The summed E-state index contributed by atoms with van der Waals surface area (Å²) >= 11 is 3.11. The van der Waals surface area contributed by atoms with E-state index in [9.17, 15) is 9.18 Å². The van der Waals surface area contributed by atoms with Gasteiger partial charge in [0.25, 0.3) is 0 Å². The Morgan fingerprint density at radius 3 is 2.78 bits per heavy atom. The molecule has 0 heterocycles. The Kier molecular flexibility index (Phi) is 5.75. The van der Waals surface area contributed by atoms with E-state index in [-0.39, 0.29) is 17.6 Å². The molecular weight excluding hydrogens is 299 g/mol. The van der Waals surface area contributed by atoms with E-state index in [1.54, 1.807) is 13.0 Å². The van der Waals surface area contributed by atoms with Crippen molar-refractivity contribution in [1.82, 2.24) is 5.32 Å². The van der Waals surface area contributed by atoms with Gasteiger partial charge in [-0.3, -0.25) is 4.79 Å². The molecule has 5 heteroatoms. The van der Waals surface area contributed by atoms with Crippen LogP contribution in [-0.2, 0) is 4.79 Å². The lowest BCUT2D eigenvalue weighted by molar-refractivity contribution is -0.119. The van der Waals surface area contributed by atoms with Gasteiger partial charge in [-0.15, -0.1) is 0 Å². The molecule has 1 unspecified atom stereocenters. The van der Waals surface area contributed by atoms with Gasteiger partial charge in [-0.25, -0.2) is 4.39 Å². The average Bonchev–Trinajstić information content (AvgIpc) is 2.32. The van der Waals surface area contributed by atoms with Crippen LogP contribution in [0.4, 0.5) is 10.1 Å². The Morgan fingerprint density at radius 1 is 1.50 bits per heavy atom. The predicted octanol–water partition coefficient (Wildman–Crippen LogP) is 3.08. The largest absolute Gasteiger partial charge is 0.326 e. The molecule has 0 radical (unpaired) electrons. The smallest absolute Gasteiger partial charge is 0.228 e. The van der Waals surface area contributed by atoms with Gasteiger partial charge in [0.05, 0.1) is 4.47 Å². The lowest BCUT2D eigenvalue weighted by Gasteiger charge is -2.14. The third kappa shape index (κ3) is 4.07. The maximum Gasteiger partial charge on any atom is 0.228 e. The Hall–Kier alpha value is -0.940. The first-order valence-electron chi connectivity index (χ1n) is 5.93. The molecule has 2 N–H and O–H groups in total. The van der Waals surface area contributed by atoms with Crippen LogP contribution < -0.4 is 10.6 Å². The third-order valence-corrected chi connectivity index (χ3v) is 3.28. The van der Waals surface area contributed by atoms with Crippen LogP contribution in [0.2, 0.25) is 0 Å². The van der Waals surface area contributed by atoms with Crippen LogP contribution >= 0.6 is 15.9 Å². The molecule has 1 rings (SSSR count). The number of hydrogen-bond donors (Lipinski definition) is 2.